The van der Waals surface area contributed by atoms with Gasteiger partial charge in [0.05, 0.1) is 24.8 Å². The van der Waals surface area contributed by atoms with E-state index in [1.54, 1.807) is 0 Å². The van der Waals surface area contributed by atoms with Crippen molar-refractivity contribution in [2.75, 3.05) is 32.8 Å². The van der Waals surface area contributed by atoms with Crippen molar-refractivity contribution in [3.63, 3.8) is 0 Å². The molecule has 4 atom stereocenters. The lowest BCUT2D eigenvalue weighted by atomic mass is 9.76. The van der Waals surface area contributed by atoms with Crippen LogP contribution in [0, 0.1) is 5.92 Å². The van der Waals surface area contributed by atoms with Gasteiger partial charge in [0.1, 0.15) is 0 Å². The lowest BCUT2D eigenvalue weighted by Gasteiger charge is -2.49. The van der Waals surface area contributed by atoms with Gasteiger partial charge in [0.2, 0.25) is 0 Å². The maximum Gasteiger partial charge on any atom is 0.256 e. The van der Waals surface area contributed by atoms with Crippen molar-refractivity contribution < 1.29 is 14.3 Å². The summed E-state index contributed by atoms with van der Waals surface area (Å²) < 4.78 is 12.2. The van der Waals surface area contributed by atoms with Gasteiger partial charge in [-0.3, -0.25) is 9.69 Å². The van der Waals surface area contributed by atoms with Gasteiger partial charge in [-0.05, 0) is 81.7 Å². The van der Waals surface area contributed by atoms with E-state index in [1.165, 1.54) is 18.4 Å². The van der Waals surface area contributed by atoms with Crippen molar-refractivity contribution >= 4 is 5.91 Å². The third-order valence-electron chi connectivity index (χ3n) is 7.95. The summed E-state index contributed by atoms with van der Waals surface area (Å²) in [5, 5.41) is 7.05. The summed E-state index contributed by atoms with van der Waals surface area (Å²) in [5.41, 5.74) is 4.12. The average molecular weight is 478 g/mol. The van der Waals surface area contributed by atoms with Crippen molar-refractivity contribution in [2.45, 2.75) is 64.6 Å². The predicted octanol–water partition coefficient (Wildman–Crippen LogP) is 4.65. The lowest BCUT2D eigenvalue weighted by Crippen LogP contribution is -2.55. The highest BCUT2D eigenvalue weighted by Gasteiger charge is 2.42. The summed E-state index contributed by atoms with van der Waals surface area (Å²) in [6, 6.07) is 12.9. The van der Waals surface area contributed by atoms with Crippen molar-refractivity contribution in [3.8, 4) is 11.5 Å². The van der Waals surface area contributed by atoms with Gasteiger partial charge in [-0.15, -0.1) is 0 Å². The SMILES string of the molecule is CCOc1cc2c(c(C(=O)NC(C)c3ccccc3)c1OCC)[C@@H]1C[C@@H]3NCCC[C@@H]3CN1CC2. The monoisotopic (exact) mass is 477 g/mol. The molecule has 3 aliphatic heterocycles. The number of piperidine rings is 2. The molecule has 188 valence electrons. The van der Waals surface area contributed by atoms with E-state index in [0.29, 0.717) is 42.2 Å². The molecule has 6 nitrogen and oxygen atoms in total. The van der Waals surface area contributed by atoms with Crippen LogP contribution in [0.5, 0.6) is 11.5 Å². The normalized spacial score (nSPS) is 24.5. The molecule has 6 heteroatoms. The van der Waals surface area contributed by atoms with Crippen molar-refractivity contribution in [1.29, 1.82) is 0 Å². The van der Waals surface area contributed by atoms with E-state index in [-0.39, 0.29) is 18.0 Å². The molecular formula is C29H39N3O3. The first kappa shape index (κ1) is 24.1. The predicted molar refractivity (Wildman–Crippen MR) is 138 cm³/mol. The third kappa shape index (κ3) is 4.78. The fourth-order valence-corrected chi connectivity index (χ4v) is 6.31. The highest BCUT2D eigenvalue weighted by Crippen LogP contribution is 2.47. The molecule has 2 fully saturated rings. The first-order valence-electron chi connectivity index (χ1n) is 13.4. The van der Waals surface area contributed by atoms with E-state index in [0.717, 1.165) is 43.6 Å². The van der Waals surface area contributed by atoms with Gasteiger partial charge in [-0.1, -0.05) is 30.3 Å². The number of nitrogens with one attached hydrogen (secondary N) is 2. The van der Waals surface area contributed by atoms with Gasteiger partial charge in [-0.2, -0.15) is 0 Å². The van der Waals surface area contributed by atoms with Crippen LogP contribution in [-0.4, -0.2) is 49.7 Å². The third-order valence-corrected chi connectivity index (χ3v) is 7.95. The molecule has 0 bridgehead atoms. The van der Waals surface area contributed by atoms with Crippen LogP contribution in [0.2, 0.25) is 0 Å². The fourth-order valence-electron chi connectivity index (χ4n) is 6.31. The molecule has 0 saturated carbocycles. The van der Waals surface area contributed by atoms with Gasteiger partial charge in [0.25, 0.3) is 5.91 Å². The molecule has 0 aromatic heterocycles. The van der Waals surface area contributed by atoms with Crippen LogP contribution < -0.4 is 20.1 Å². The standard InChI is InChI=1S/C29H39N3O3/c1-4-34-25-16-21-13-15-32-18-22-12-9-14-30-23(22)17-24(32)26(21)27(28(25)35-5-2)29(33)31-19(3)20-10-7-6-8-11-20/h6-8,10-11,16,19,22-24,30H,4-5,9,12-15,17-18H2,1-3H3,(H,31,33)/t19?,22-,23+,24+/m1/s1. The Hall–Kier alpha value is -2.57. The van der Waals surface area contributed by atoms with Gasteiger partial charge in [-0.25, -0.2) is 0 Å². The summed E-state index contributed by atoms with van der Waals surface area (Å²) >= 11 is 0. The summed E-state index contributed by atoms with van der Waals surface area (Å²) in [5.74, 6) is 1.89. The highest BCUT2D eigenvalue weighted by molar-refractivity contribution is 6.00. The van der Waals surface area contributed by atoms with E-state index in [1.807, 2.05) is 39.0 Å². The maximum atomic E-state index is 14.0. The average Bonchev–Trinajstić information content (AvgIpc) is 2.88. The minimum atomic E-state index is -0.111. The lowest BCUT2D eigenvalue weighted by molar-refractivity contribution is 0.0539. The zero-order valence-electron chi connectivity index (χ0n) is 21.3. The quantitative estimate of drug-likeness (QED) is 0.608. The van der Waals surface area contributed by atoms with Crippen molar-refractivity contribution in [1.82, 2.24) is 15.5 Å². The molecule has 35 heavy (non-hydrogen) atoms. The van der Waals surface area contributed by atoms with Crippen LogP contribution in [0.1, 0.15) is 79.2 Å². The zero-order valence-corrected chi connectivity index (χ0v) is 21.3. The second kappa shape index (κ2) is 10.6. The maximum absolute atomic E-state index is 14.0. The minimum absolute atomic E-state index is 0.0804. The van der Waals surface area contributed by atoms with E-state index >= 15 is 0 Å². The number of hydrogen-bond acceptors (Lipinski definition) is 5. The number of benzene rings is 2. The summed E-state index contributed by atoms with van der Waals surface area (Å²) in [7, 11) is 0. The van der Waals surface area contributed by atoms with Crippen LogP contribution >= 0.6 is 0 Å². The zero-order chi connectivity index (χ0) is 24.4. The number of rotatable bonds is 7. The fraction of sp³-hybridized carbons (Fsp3) is 0.552. The molecule has 5 rings (SSSR count). The molecule has 1 unspecified atom stereocenters. The number of amides is 1. The highest BCUT2D eigenvalue weighted by atomic mass is 16.5. The Balaban J connectivity index is 1.57. The smallest absolute Gasteiger partial charge is 0.256 e. The van der Waals surface area contributed by atoms with E-state index in [9.17, 15) is 4.79 Å². The number of hydrogen-bond donors (Lipinski definition) is 2. The Morgan fingerprint density at radius 2 is 2.00 bits per heavy atom. The molecule has 1 amide bonds. The Labute approximate surface area is 209 Å². The molecule has 2 aromatic carbocycles. The Kier molecular flexibility index (Phi) is 7.30. The van der Waals surface area contributed by atoms with Gasteiger partial charge in [0, 0.05) is 25.2 Å². The Morgan fingerprint density at radius 1 is 1.20 bits per heavy atom. The van der Waals surface area contributed by atoms with Crippen LogP contribution in [0.25, 0.3) is 0 Å². The molecule has 3 aliphatic rings. The number of carbonyl (C=O) groups excluding carboxylic acids is 1. The molecule has 0 aliphatic carbocycles. The topological polar surface area (TPSA) is 62.8 Å². The molecule has 3 heterocycles. The second-order valence-electron chi connectivity index (χ2n) is 10.1. The van der Waals surface area contributed by atoms with Crippen molar-refractivity contribution in [3.05, 3.63) is 58.7 Å². The molecule has 0 spiro atoms. The Morgan fingerprint density at radius 3 is 2.77 bits per heavy atom. The number of ether oxygens (including phenoxy) is 2. The number of fused-ring (bicyclic) bond motifs is 4. The van der Waals surface area contributed by atoms with Crippen molar-refractivity contribution in [2.24, 2.45) is 5.92 Å². The summed E-state index contributed by atoms with van der Waals surface area (Å²) in [6.45, 7) is 10.2. The number of nitrogens with zero attached hydrogens (tertiary/aromatic N) is 1. The molecule has 2 saturated heterocycles. The second-order valence-corrected chi connectivity index (χ2v) is 10.1. The number of carbonyl (C=O) groups is 1. The van der Waals surface area contributed by atoms with E-state index in [2.05, 4.69) is 33.7 Å². The Bertz CT molecular complexity index is 1040. The summed E-state index contributed by atoms with van der Waals surface area (Å²) in [4.78, 5) is 16.6. The molecule has 0 radical (unpaired) electrons. The first-order chi connectivity index (χ1) is 17.1. The van der Waals surface area contributed by atoms with Crippen LogP contribution in [0.15, 0.2) is 36.4 Å². The van der Waals surface area contributed by atoms with E-state index < -0.39 is 0 Å². The van der Waals surface area contributed by atoms with E-state index in [4.69, 9.17) is 9.47 Å². The largest absolute Gasteiger partial charge is 0.490 e. The first-order valence-corrected chi connectivity index (χ1v) is 13.4. The van der Waals surface area contributed by atoms with Crippen LogP contribution in [0.4, 0.5) is 0 Å². The van der Waals surface area contributed by atoms with Crippen LogP contribution in [0.3, 0.4) is 0 Å². The summed E-state index contributed by atoms with van der Waals surface area (Å²) in [6.07, 6.45) is 4.51. The van der Waals surface area contributed by atoms with Crippen LogP contribution in [-0.2, 0) is 6.42 Å². The molecular weight excluding hydrogens is 438 g/mol. The minimum Gasteiger partial charge on any atom is -0.490 e. The molecule has 2 aromatic rings. The van der Waals surface area contributed by atoms with Gasteiger partial charge < -0.3 is 20.1 Å². The van der Waals surface area contributed by atoms with Gasteiger partial charge >= 0.3 is 0 Å². The van der Waals surface area contributed by atoms with Gasteiger partial charge in [0.15, 0.2) is 11.5 Å². The molecule has 2 N–H and O–H groups in total.